The second-order valence-corrected chi connectivity index (χ2v) is 3.83. The van der Waals surface area contributed by atoms with Crippen LogP contribution in [0.25, 0.3) is 0 Å². The van der Waals surface area contributed by atoms with Gasteiger partial charge in [0.25, 0.3) is 0 Å². The maximum Gasteiger partial charge on any atom is 0.317 e. The number of nitrogens with zero attached hydrogens (tertiary/aromatic N) is 2. The molecule has 1 amide bonds. The summed E-state index contributed by atoms with van der Waals surface area (Å²) in [7, 11) is 1.76. The molecule has 1 N–H and O–H groups in total. The summed E-state index contributed by atoms with van der Waals surface area (Å²) in [6.45, 7) is 5.79. The van der Waals surface area contributed by atoms with E-state index in [4.69, 9.17) is 5.11 Å². The zero-order chi connectivity index (χ0) is 12.6. The highest BCUT2D eigenvalue weighted by molar-refractivity contribution is 5.75. The lowest BCUT2D eigenvalue weighted by atomic mass is 10.3. The molecule has 0 aliphatic rings. The number of hydrogen-bond acceptors (Lipinski definition) is 3. The van der Waals surface area contributed by atoms with Crippen LogP contribution in [-0.4, -0.2) is 60.0 Å². The molecular weight excluding hydrogens is 208 g/mol. The van der Waals surface area contributed by atoms with E-state index in [9.17, 15) is 9.59 Å². The Morgan fingerprint density at radius 2 is 1.81 bits per heavy atom. The molecule has 0 rings (SSSR count). The molecule has 0 aromatic heterocycles. The van der Waals surface area contributed by atoms with Crippen LogP contribution < -0.4 is 0 Å². The molecule has 0 saturated heterocycles. The molecule has 0 unspecified atom stereocenters. The number of rotatable bonds is 8. The van der Waals surface area contributed by atoms with Crippen LogP contribution in [0, 0.1) is 0 Å². The summed E-state index contributed by atoms with van der Waals surface area (Å²) in [6, 6.07) is 0. The van der Waals surface area contributed by atoms with Crippen molar-refractivity contribution < 1.29 is 14.7 Å². The smallest absolute Gasteiger partial charge is 0.317 e. The summed E-state index contributed by atoms with van der Waals surface area (Å²) >= 11 is 0. The molecule has 94 valence electrons. The summed E-state index contributed by atoms with van der Waals surface area (Å²) < 4.78 is 0. The van der Waals surface area contributed by atoms with Crippen LogP contribution in [0.3, 0.4) is 0 Å². The minimum atomic E-state index is -0.829. The van der Waals surface area contributed by atoms with Crippen molar-refractivity contribution in [3.8, 4) is 0 Å². The Kier molecular flexibility index (Phi) is 7.54. The highest BCUT2D eigenvalue weighted by Crippen LogP contribution is 1.96. The van der Waals surface area contributed by atoms with Gasteiger partial charge in [-0.05, 0) is 13.0 Å². The van der Waals surface area contributed by atoms with Crippen LogP contribution in [0.4, 0.5) is 0 Å². The zero-order valence-corrected chi connectivity index (χ0v) is 10.4. The number of hydrogen-bond donors (Lipinski definition) is 1. The third-order valence-electron chi connectivity index (χ3n) is 2.45. The topological polar surface area (TPSA) is 60.9 Å². The van der Waals surface area contributed by atoms with E-state index >= 15 is 0 Å². The molecule has 0 saturated carbocycles. The maximum absolute atomic E-state index is 11.5. The minimum Gasteiger partial charge on any atom is -0.480 e. The van der Waals surface area contributed by atoms with Gasteiger partial charge >= 0.3 is 5.97 Å². The largest absolute Gasteiger partial charge is 0.480 e. The fourth-order valence-corrected chi connectivity index (χ4v) is 1.36. The van der Waals surface area contributed by atoms with Crippen molar-refractivity contribution in [1.82, 2.24) is 9.80 Å². The Balaban J connectivity index is 3.91. The molecule has 16 heavy (non-hydrogen) atoms. The van der Waals surface area contributed by atoms with Crippen molar-refractivity contribution in [2.24, 2.45) is 0 Å². The van der Waals surface area contributed by atoms with E-state index in [2.05, 4.69) is 0 Å². The molecule has 0 aromatic rings. The Morgan fingerprint density at radius 3 is 2.25 bits per heavy atom. The van der Waals surface area contributed by atoms with Crippen molar-refractivity contribution >= 4 is 11.9 Å². The fourth-order valence-electron chi connectivity index (χ4n) is 1.36. The normalized spacial score (nSPS) is 10.5. The van der Waals surface area contributed by atoms with E-state index < -0.39 is 5.97 Å². The number of amides is 1. The van der Waals surface area contributed by atoms with E-state index in [-0.39, 0.29) is 12.5 Å². The molecule has 0 aliphatic heterocycles. The summed E-state index contributed by atoms with van der Waals surface area (Å²) in [5.41, 5.74) is 0. The first-order valence-corrected chi connectivity index (χ1v) is 5.69. The lowest BCUT2D eigenvalue weighted by Gasteiger charge is -2.23. The number of carbonyl (C=O) groups excluding carboxylic acids is 1. The van der Waals surface area contributed by atoms with Gasteiger partial charge < -0.3 is 10.0 Å². The SMILES string of the molecule is CCCC(=O)N(C)CCN(CC)CC(=O)O. The summed E-state index contributed by atoms with van der Waals surface area (Å²) in [4.78, 5) is 25.4. The highest BCUT2D eigenvalue weighted by Gasteiger charge is 2.11. The highest BCUT2D eigenvalue weighted by atomic mass is 16.4. The molecule has 0 atom stereocenters. The molecule has 0 aliphatic carbocycles. The Labute approximate surface area is 97.0 Å². The van der Waals surface area contributed by atoms with Crippen LogP contribution >= 0.6 is 0 Å². The van der Waals surface area contributed by atoms with Gasteiger partial charge in [0.05, 0.1) is 6.54 Å². The van der Waals surface area contributed by atoms with Gasteiger partial charge in [-0.25, -0.2) is 0 Å². The predicted molar refractivity (Wildman–Crippen MR) is 62.3 cm³/mol. The van der Waals surface area contributed by atoms with Crippen molar-refractivity contribution in [3.63, 3.8) is 0 Å². The molecule has 5 heteroatoms. The van der Waals surface area contributed by atoms with E-state index in [0.29, 0.717) is 26.1 Å². The number of aliphatic carboxylic acids is 1. The van der Waals surface area contributed by atoms with E-state index in [1.54, 1.807) is 16.8 Å². The van der Waals surface area contributed by atoms with Gasteiger partial charge in [0.2, 0.25) is 5.91 Å². The Bertz CT molecular complexity index is 231. The van der Waals surface area contributed by atoms with Crippen LogP contribution in [0.1, 0.15) is 26.7 Å². The average molecular weight is 230 g/mol. The fraction of sp³-hybridized carbons (Fsp3) is 0.818. The van der Waals surface area contributed by atoms with Crippen LogP contribution in [0.5, 0.6) is 0 Å². The van der Waals surface area contributed by atoms with Crippen molar-refractivity contribution in [3.05, 3.63) is 0 Å². The summed E-state index contributed by atoms with van der Waals surface area (Å²) in [5.74, 6) is -0.710. The third kappa shape index (κ3) is 6.40. The van der Waals surface area contributed by atoms with E-state index in [1.807, 2.05) is 13.8 Å². The standard InChI is InChI=1S/C11H22N2O3/c1-4-6-10(14)12(3)7-8-13(5-2)9-11(15)16/h4-9H2,1-3H3,(H,15,16). The average Bonchev–Trinajstić information content (AvgIpc) is 2.23. The van der Waals surface area contributed by atoms with Crippen molar-refractivity contribution in [2.45, 2.75) is 26.7 Å². The van der Waals surface area contributed by atoms with Gasteiger partial charge in [0.15, 0.2) is 0 Å². The van der Waals surface area contributed by atoms with Crippen LogP contribution in [0.2, 0.25) is 0 Å². The molecule has 0 heterocycles. The van der Waals surface area contributed by atoms with E-state index in [1.165, 1.54) is 0 Å². The van der Waals surface area contributed by atoms with Gasteiger partial charge in [-0.1, -0.05) is 13.8 Å². The molecule has 0 fully saturated rings. The lowest BCUT2D eigenvalue weighted by molar-refractivity contribution is -0.138. The Hall–Kier alpha value is -1.10. The number of carbonyl (C=O) groups is 2. The Morgan fingerprint density at radius 1 is 1.19 bits per heavy atom. The number of likely N-dealkylation sites (N-methyl/N-ethyl adjacent to an activating group) is 2. The summed E-state index contributed by atoms with van der Waals surface area (Å²) in [5, 5.41) is 8.65. The molecular formula is C11H22N2O3. The minimum absolute atomic E-state index is 0.0340. The van der Waals surface area contributed by atoms with Crippen molar-refractivity contribution in [2.75, 3.05) is 33.2 Å². The molecule has 0 spiro atoms. The first-order chi connectivity index (χ1) is 7.51. The molecule has 0 radical (unpaired) electrons. The second kappa shape index (κ2) is 8.10. The number of carboxylic acids is 1. The van der Waals surface area contributed by atoms with Gasteiger partial charge in [-0.3, -0.25) is 14.5 Å². The maximum atomic E-state index is 11.5. The lowest BCUT2D eigenvalue weighted by Crippen LogP contribution is -2.38. The van der Waals surface area contributed by atoms with Crippen LogP contribution in [-0.2, 0) is 9.59 Å². The molecule has 0 bridgehead atoms. The molecule has 5 nitrogen and oxygen atoms in total. The number of carboxylic acid groups (broad SMARTS) is 1. The monoisotopic (exact) mass is 230 g/mol. The van der Waals surface area contributed by atoms with Crippen molar-refractivity contribution in [1.29, 1.82) is 0 Å². The molecule has 0 aromatic carbocycles. The quantitative estimate of drug-likeness (QED) is 0.665. The van der Waals surface area contributed by atoms with E-state index in [0.717, 1.165) is 6.42 Å². The van der Waals surface area contributed by atoms with Gasteiger partial charge in [0.1, 0.15) is 0 Å². The summed E-state index contributed by atoms with van der Waals surface area (Å²) in [6.07, 6.45) is 1.40. The zero-order valence-electron chi connectivity index (χ0n) is 10.4. The van der Waals surface area contributed by atoms with Gasteiger partial charge in [-0.2, -0.15) is 0 Å². The second-order valence-electron chi connectivity index (χ2n) is 3.83. The first kappa shape index (κ1) is 14.9. The van der Waals surface area contributed by atoms with Gasteiger partial charge in [0, 0.05) is 26.6 Å². The third-order valence-corrected chi connectivity index (χ3v) is 2.45. The van der Waals surface area contributed by atoms with Crippen LogP contribution in [0.15, 0.2) is 0 Å². The predicted octanol–water partition coefficient (Wildman–Crippen LogP) is 0.651. The first-order valence-electron chi connectivity index (χ1n) is 5.69. The van der Waals surface area contributed by atoms with Gasteiger partial charge in [-0.15, -0.1) is 0 Å².